The molecule has 0 radical (unpaired) electrons. The normalized spacial score (nSPS) is 22.9. The van der Waals surface area contributed by atoms with Crippen LogP contribution in [-0.4, -0.2) is 48.2 Å². The number of benzene rings is 2. The second-order valence-corrected chi connectivity index (χ2v) is 9.24. The number of amides is 1. The number of alkyl halides is 1. The number of ether oxygens (including phenoxy) is 2. The van der Waals surface area contributed by atoms with Crippen molar-refractivity contribution in [2.24, 2.45) is 11.8 Å². The molecule has 1 heterocycles. The van der Waals surface area contributed by atoms with Crippen LogP contribution in [0.2, 0.25) is 0 Å². The number of carbonyl (C=O) groups excluding carboxylic acids is 2. The van der Waals surface area contributed by atoms with Gasteiger partial charge in [0.15, 0.2) is 0 Å². The molecule has 0 unspecified atom stereocenters. The van der Waals surface area contributed by atoms with Crippen LogP contribution in [0.15, 0.2) is 72.8 Å². The molecule has 1 aliphatic heterocycles. The first kappa shape index (κ1) is 24.3. The second-order valence-electron chi connectivity index (χ2n) is 8.93. The lowest BCUT2D eigenvalue weighted by Crippen LogP contribution is -2.52. The number of allylic oxidation sites excluding steroid dienone is 2. The average molecular weight is 483 g/mol. The Morgan fingerprint density at radius 3 is 2.44 bits per heavy atom. The summed E-state index contributed by atoms with van der Waals surface area (Å²) in [4.78, 5) is 25.2. The topological polar surface area (TPSA) is 67.9 Å². The number of hydrogen-bond acceptors (Lipinski definition) is 5. The lowest BCUT2D eigenvalue weighted by molar-refractivity contribution is 0.0373. The van der Waals surface area contributed by atoms with Gasteiger partial charge in [-0.1, -0.05) is 60.7 Å². The van der Waals surface area contributed by atoms with Gasteiger partial charge in [0, 0.05) is 5.88 Å². The molecule has 2 aromatic rings. The van der Waals surface area contributed by atoms with Crippen molar-refractivity contribution in [1.29, 1.82) is 0 Å². The molecule has 1 amide bonds. The maximum atomic E-state index is 12.6. The van der Waals surface area contributed by atoms with Crippen LogP contribution in [0.25, 0.3) is 0 Å². The summed E-state index contributed by atoms with van der Waals surface area (Å²) < 4.78 is 11.0. The minimum Gasteiger partial charge on any atom is -0.460 e. The summed E-state index contributed by atoms with van der Waals surface area (Å²) in [6.07, 6.45) is 7.21. The van der Waals surface area contributed by atoms with E-state index in [-0.39, 0.29) is 24.7 Å². The Hall–Kier alpha value is -2.83. The van der Waals surface area contributed by atoms with Gasteiger partial charge in [-0.15, -0.1) is 11.6 Å². The summed E-state index contributed by atoms with van der Waals surface area (Å²) in [7, 11) is 0. The Morgan fingerprint density at radius 1 is 1.06 bits per heavy atom. The van der Waals surface area contributed by atoms with Crippen molar-refractivity contribution in [3.05, 3.63) is 83.9 Å². The molecular formula is C27H31ClN2O4. The quantitative estimate of drug-likeness (QED) is 0.293. The number of hydrazine groups is 1. The van der Waals surface area contributed by atoms with Crippen molar-refractivity contribution in [1.82, 2.24) is 10.4 Å². The Morgan fingerprint density at radius 2 is 1.74 bits per heavy atom. The van der Waals surface area contributed by atoms with Crippen molar-refractivity contribution >= 4 is 23.7 Å². The molecule has 4 atom stereocenters. The van der Waals surface area contributed by atoms with E-state index in [9.17, 15) is 9.59 Å². The smallest absolute Gasteiger partial charge is 0.424 e. The summed E-state index contributed by atoms with van der Waals surface area (Å²) in [5.41, 5.74) is 4.98. The zero-order chi connectivity index (χ0) is 23.8. The van der Waals surface area contributed by atoms with Crippen LogP contribution in [0, 0.1) is 11.8 Å². The molecule has 4 rings (SSSR count). The predicted octanol–water partition coefficient (Wildman–Crippen LogP) is 4.99. The van der Waals surface area contributed by atoms with Crippen molar-refractivity contribution in [2.75, 3.05) is 19.1 Å². The van der Waals surface area contributed by atoms with Gasteiger partial charge in [-0.3, -0.25) is 0 Å². The molecule has 180 valence electrons. The van der Waals surface area contributed by atoms with E-state index >= 15 is 0 Å². The van der Waals surface area contributed by atoms with E-state index < -0.39 is 6.09 Å². The summed E-state index contributed by atoms with van der Waals surface area (Å²) in [6, 6.07) is 18.6. The van der Waals surface area contributed by atoms with E-state index in [4.69, 9.17) is 21.1 Å². The van der Waals surface area contributed by atoms with E-state index in [1.807, 2.05) is 36.4 Å². The van der Waals surface area contributed by atoms with E-state index in [2.05, 4.69) is 17.6 Å². The van der Waals surface area contributed by atoms with Crippen molar-refractivity contribution in [2.45, 2.75) is 37.8 Å². The highest BCUT2D eigenvalue weighted by Crippen LogP contribution is 2.31. The minimum absolute atomic E-state index is 0.141. The number of nitrogens with one attached hydrogen (secondary N) is 1. The number of cyclic esters (lactones) is 1. The van der Waals surface area contributed by atoms with E-state index in [1.165, 1.54) is 0 Å². The Balaban J connectivity index is 1.46. The zero-order valence-corrected chi connectivity index (χ0v) is 19.9. The van der Waals surface area contributed by atoms with Crippen LogP contribution < -0.4 is 5.43 Å². The monoisotopic (exact) mass is 482 g/mol. The highest BCUT2D eigenvalue weighted by Gasteiger charge is 2.36. The lowest BCUT2D eigenvalue weighted by Gasteiger charge is -2.33. The van der Waals surface area contributed by atoms with E-state index in [1.54, 1.807) is 29.3 Å². The summed E-state index contributed by atoms with van der Waals surface area (Å²) in [6.45, 7) is 0.457. The van der Waals surface area contributed by atoms with Gasteiger partial charge in [-0.2, -0.15) is 0 Å². The molecule has 0 saturated carbocycles. The van der Waals surface area contributed by atoms with Crippen LogP contribution in [0.5, 0.6) is 0 Å². The number of hydrogen-bond donors (Lipinski definition) is 1. The molecular weight excluding hydrogens is 452 g/mol. The summed E-state index contributed by atoms with van der Waals surface area (Å²) in [5, 5.41) is 1.57. The third-order valence-electron chi connectivity index (χ3n) is 6.52. The molecule has 2 aromatic carbocycles. The minimum atomic E-state index is -0.405. The molecule has 0 aromatic heterocycles. The molecule has 2 aliphatic rings. The van der Waals surface area contributed by atoms with Gasteiger partial charge in [0.2, 0.25) is 0 Å². The maximum Gasteiger partial charge on any atom is 0.424 e. The Bertz CT molecular complexity index is 969. The molecule has 1 fully saturated rings. The van der Waals surface area contributed by atoms with Crippen LogP contribution in [0.4, 0.5) is 4.79 Å². The van der Waals surface area contributed by atoms with Crippen LogP contribution in [0.3, 0.4) is 0 Å². The molecule has 0 spiro atoms. The fourth-order valence-corrected chi connectivity index (χ4v) is 4.99. The van der Waals surface area contributed by atoms with E-state index in [0.717, 1.165) is 24.8 Å². The molecule has 0 bridgehead atoms. The molecule has 34 heavy (non-hydrogen) atoms. The number of nitrogens with zero attached hydrogens (tertiary/aromatic N) is 1. The maximum absolute atomic E-state index is 12.6. The third-order valence-corrected chi connectivity index (χ3v) is 6.91. The van der Waals surface area contributed by atoms with Gasteiger partial charge in [0.25, 0.3) is 0 Å². The van der Waals surface area contributed by atoms with Gasteiger partial charge in [-0.05, 0) is 55.2 Å². The van der Waals surface area contributed by atoms with Gasteiger partial charge >= 0.3 is 12.1 Å². The second kappa shape index (κ2) is 12.0. The molecule has 1 aliphatic carbocycles. The lowest BCUT2D eigenvalue weighted by atomic mass is 9.80. The van der Waals surface area contributed by atoms with Gasteiger partial charge in [0.1, 0.15) is 13.2 Å². The highest BCUT2D eigenvalue weighted by molar-refractivity contribution is 6.18. The van der Waals surface area contributed by atoms with Crippen LogP contribution in [-0.2, 0) is 15.9 Å². The van der Waals surface area contributed by atoms with Crippen molar-refractivity contribution < 1.29 is 19.1 Å². The largest absolute Gasteiger partial charge is 0.460 e. The Labute approximate surface area is 205 Å². The zero-order valence-electron chi connectivity index (χ0n) is 19.1. The first-order valence-corrected chi connectivity index (χ1v) is 12.4. The third kappa shape index (κ3) is 6.39. The summed E-state index contributed by atoms with van der Waals surface area (Å²) in [5.74, 6) is 0.885. The highest BCUT2D eigenvalue weighted by atomic mass is 35.5. The fourth-order valence-electron chi connectivity index (χ4n) is 4.61. The molecule has 1 saturated heterocycles. The average Bonchev–Trinajstić information content (AvgIpc) is 3.22. The van der Waals surface area contributed by atoms with E-state index in [0.29, 0.717) is 36.3 Å². The molecule has 1 N–H and O–H groups in total. The van der Waals surface area contributed by atoms with Crippen LogP contribution in [0.1, 0.15) is 35.2 Å². The number of rotatable bonds is 10. The summed E-state index contributed by atoms with van der Waals surface area (Å²) >= 11 is 6.25. The van der Waals surface area contributed by atoms with Crippen molar-refractivity contribution in [3.8, 4) is 0 Å². The SMILES string of the molecule is O=C(OC[C@H](C[C@H]1CC=CC[C@@H]1CCl)NN1C(=O)OC[C@H]1Cc1ccccc1)c1ccccc1. The predicted molar refractivity (Wildman–Crippen MR) is 131 cm³/mol. The van der Waals surface area contributed by atoms with Gasteiger partial charge in [-0.25, -0.2) is 20.0 Å². The standard InChI is InChI=1S/C27H31ClN2O4/c28-17-23-14-8-7-13-22(23)16-24(18-33-26(31)21-11-5-2-6-12-21)29-30-25(19-34-27(30)32)15-20-9-3-1-4-10-20/h1-12,22-25,29H,13-19H2/t22-,23-,24+,25-/m1/s1. The fraction of sp³-hybridized carbons (Fsp3) is 0.407. The van der Waals surface area contributed by atoms with Crippen molar-refractivity contribution in [3.63, 3.8) is 0 Å². The first-order valence-electron chi connectivity index (χ1n) is 11.8. The first-order chi connectivity index (χ1) is 16.6. The number of halogens is 1. The van der Waals surface area contributed by atoms with Crippen LogP contribution >= 0.6 is 11.6 Å². The van der Waals surface area contributed by atoms with Gasteiger partial charge < -0.3 is 9.47 Å². The number of esters is 1. The molecule has 7 heteroatoms. The molecule has 6 nitrogen and oxygen atoms in total. The Kier molecular flexibility index (Phi) is 8.61. The number of carbonyl (C=O) groups is 2. The van der Waals surface area contributed by atoms with Gasteiger partial charge in [0.05, 0.1) is 17.6 Å².